The lowest BCUT2D eigenvalue weighted by Gasteiger charge is -2.11. The van der Waals surface area contributed by atoms with Gasteiger partial charge >= 0.3 is 0 Å². The summed E-state index contributed by atoms with van der Waals surface area (Å²) in [5, 5.41) is 3.37. The molecule has 4 heteroatoms. The summed E-state index contributed by atoms with van der Waals surface area (Å²) in [4.78, 5) is 5.60. The summed E-state index contributed by atoms with van der Waals surface area (Å²) < 4.78 is 0.999. The predicted octanol–water partition coefficient (Wildman–Crippen LogP) is 4.62. The summed E-state index contributed by atoms with van der Waals surface area (Å²) in [6.45, 7) is 2.04. The molecule has 0 unspecified atom stereocenters. The van der Waals surface area contributed by atoms with Crippen molar-refractivity contribution in [3.05, 3.63) is 46.6 Å². The van der Waals surface area contributed by atoms with E-state index in [0.717, 1.165) is 21.5 Å². The molecule has 2 nitrogen and oxygen atoms in total. The van der Waals surface area contributed by atoms with Crippen molar-refractivity contribution in [2.45, 2.75) is 11.8 Å². The normalized spacial score (nSPS) is 10.3. The Balaban J connectivity index is 2.31. The van der Waals surface area contributed by atoms with Gasteiger partial charge in [0.1, 0.15) is 5.82 Å². The van der Waals surface area contributed by atoms with Crippen LogP contribution >= 0.6 is 27.7 Å². The number of para-hydroxylation sites is 1. The predicted molar refractivity (Wildman–Crippen MR) is 78.2 cm³/mol. The van der Waals surface area contributed by atoms with Crippen molar-refractivity contribution in [1.82, 2.24) is 4.98 Å². The first-order chi connectivity index (χ1) is 8.20. The van der Waals surface area contributed by atoms with Gasteiger partial charge in [0.25, 0.3) is 0 Å². The van der Waals surface area contributed by atoms with E-state index in [-0.39, 0.29) is 0 Å². The monoisotopic (exact) mass is 308 g/mol. The second-order valence-electron chi connectivity index (χ2n) is 3.64. The molecule has 0 saturated carbocycles. The molecule has 1 heterocycles. The second kappa shape index (κ2) is 5.56. The topological polar surface area (TPSA) is 24.9 Å². The molecule has 2 aromatic rings. The van der Waals surface area contributed by atoms with Crippen LogP contribution < -0.4 is 5.32 Å². The number of benzene rings is 1. The molecule has 0 saturated heterocycles. The average molecular weight is 309 g/mol. The maximum absolute atomic E-state index is 4.38. The highest BCUT2D eigenvalue weighted by molar-refractivity contribution is 9.10. The van der Waals surface area contributed by atoms with Crippen LogP contribution in [0.5, 0.6) is 0 Å². The van der Waals surface area contributed by atoms with E-state index in [1.165, 1.54) is 4.90 Å². The number of halogens is 1. The van der Waals surface area contributed by atoms with Gasteiger partial charge in [0.2, 0.25) is 0 Å². The fourth-order valence-electron chi connectivity index (χ4n) is 1.55. The Bertz CT molecular complexity index is 529. The molecule has 0 aliphatic heterocycles. The van der Waals surface area contributed by atoms with Crippen LogP contribution in [0.15, 0.2) is 45.9 Å². The fraction of sp³-hybridized carbons (Fsp3) is 0.154. The van der Waals surface area contributed by atoms with Gasteiger partial charge < -0.3 is 5.32 Å². The number of aromatic nitrogens is 1. The molecule has 1 N–H and O–H groups in total. The van der Waals surface area contributed by atoms with Crippen LogP contribution in [-0.4, -0.2) is 11.2 Å². The smallest absolute Gasteiger partial charge is 0.133 e. The Hall–Kier alpha value is -1.00. The molecule has 0 bridgehead atoms. The van der Waals surface area contributed by atoms with E-state index in [0.29, 0.717) is 0 Å². The molecule has 2 rings (SSSR count). The minimum atomic E-state index is 0.898. The van der Waals surface area contributed by atoms with Crippen LogP contribution in [0.1, 0.15) is 5.56 Å². The standard InChI is InChI=1S/C13H13BrN2S/c1-9-7-10(14)8-15-13(9)16-11-5-3-4-6-12(11)17-2/h3-8H,1-2H3,(H,15,16). The number of hydrogen-bond donors (Lipinski definition) is 1. The molecule has 0 aliphatic carbocycles. The van der Waals surface area contributed by atoms with Crippen molar-refractivity contribution in [3.63, 3.8) is 0 Å². The molecule has 0 radical (unpaired) electrons. The van der Waals surface area contributed by atoms with Crippen molar-refractivity contribution >= 4 is 39.2 Å². The van der Waals surface area contributed by atoms with Crippen LogP contribution in [0.3, 0.4) is 0 Å². The fourth-order valence-corrected chi connectivity index (χ4v) is 2.55. The molecule has 1 aromatic carbocycles. The first-order valence-electron chi connectivity index (χ1n) is 5.23. The quantitative estimate of drug-likeness (QED) is 0.838. The number of nitrogens with zero attached hydrogens (tertiary/aromatic N) is 1. The van der Waals surface area contributed by atoms with Gasteiger partial charge in [0, 0.05) is 15.6 Å². The number of rotatable bonds is 3. The van der Waals surface area contributed by atoms with E-state index in [2.05, 4.69) is 50.7 Å². The summed E-state index contributed by atoms with van der Waals surface area (Å²) in [5.74, 6) is 0.898. The number of aryl methyl sites for hydroxylation is 1. The van der Waals surface area contributed by atoms with Gasteiger partial charge in [0.05, 0.1) is 5.69 Å². The summed E-state index contributed by atoms with van der Waals surface area (Å²) in [6, 6.07) is 10.3. The highest BCUT2D eigenvalue weighted by atomic mass is 79.9. The van der Waals surface area contributed by atoms with E-state index in [9.17, 15) is 0 Å². The zero-order chi connectivity index (χ0) is 12.3. The van der Waals surface area contributed by atoms with Gasteiger partial charge in [-0.25, -0.2) is 4.98 Å². The van der Waals surface area contributed by atoms with E-state index >= 15 is 0 Å². The number of pyridine rings is 1. The summed E-state index contributed by atoms with van der Waals surface area (Å²) in [7, 11) is 0. The van der Waals surface area contributed by atoms with E-state index in [4.69, 9.17) is 0 Å². The molecule has 0 atom stereocenters. The molecule has 1 aromatic heterocycles. The van der Waals surface area contributed by atoms with Gasteiger partial charge in [-0.1, -0.05) is 12.1 Å². The third-order valence-electron chi connectivity index (χ3n) is 2.40. The summed E-state index contributed by atoms with van der Waals surface area (Å²) in [6.07, 6.45) is 3.87. The summed E-state index contributed by atoms with van der Waals surface area (Å²) >= 11 is 5.14. The van der Waals surface area contributed by atoms with E-state index < -0.39 is 0 Å². The maximum Gasteiger partial charge on any atom is 0.133 e. The molecular weight excluding hydrogens is 296 g/mol. The summed E-state index contributed by atoms with van der Waals surface area (Å²) in [5.41, 5.74) is 2.22. The lowest BCUT2D eigenvalue weighted by molar-refractivity contribution is 1.23. The molecule has 0 amide bonds. The maximum atomic E-state index is 4.38. The third kappa shape index (κ3) is 3.01. The van der Waals surface area contributed by atoms with Gasteiger partial charge in [0.15, 0.2) is 0 Å². The van der Waals surface area contributed by atoms with Crippen molar-refractivity contribution in [1.29, 1.82) is 0 Å². The average Bonchev–Trinajstić information content (AvgIpc) is 2.33. The Morgan fingerprint density at radius 3 is 2.76 bits per heavy atom. The second-order valence-corrected chi connectivity index (χ2v) is 5.41. The first-order valence-corrected chi connectivity index (χ1v) is 7.24. The van der Waals surface area contributed by atoms with Gasteiger partial charge in [-0.3, -0.25) is 0 Å². The number of anilines is 2. The highest BCUT2D eigenvalue weighted by Gasteiger charge is 2.04. The molecule has 0 spiro atoms. The van der Waals surface area contributed by atoms with Crippen LogP contribution in [0.2, 0.25) is 0 Å². The molecule has 88 valence electrons. The first kappa shape index (κ1) is 12.5. The zero-order valence-electron chi connectivity index (χ0n) is 9.70. The van der Waals surface area contributed by atoms with Crippen LogP contribution in [0.4, 0.5) is 11.5 Å². The molecular formula is C13H13BrN2S. The third-order valence-corrected chi connectivity index (χ3v) is 3.63. The minimum absolute atomic E-state index is 0.898. The van der Waals surface area contributed by atoms with Crippen LogP contribution in [0, 0.1) is 6.92 Å². The molecule has 0 aliphatic rings. The zero-order valence-corrected chi connectivity index (χ0v) is 12.1. The number of hydrogen-bond acceptors (Lipinski definition) is 3. The Labute approximate surface area is 114 Å². The van der Waals surface area contributed by atoms with Crippen molar-refractivity contribution in [2.24, 2.45) is 0 Å². The highest BCUT2D eigenvalue weighted by Crippen LogP contribution is 2.28. The lowest BCUT2D eigenvalue weighted by Crippen LogP contribution is -1.97. The Kier molecular flexibility index (Phi) is 4.07. The molecule has 0 fully saturated rings. The largest absolute Gasteiger partial charge is 0.339 e. The van der Waals surface area contributed by atoms with Crippen molar-refractivity contribution < 1.29 is 0 Å². The van der Waals surface area contributed by atoms with Gasteiger partial charge in [-0.2, -0.15) is 0 Å². The van der Waals surface area contributed by atoms with Gasteiger partial charge in [-0.15, -0.1) is 11.8 Å². The van der Waals surface area contributed by atoms with Crippen molar-refractivity contribution in [2.75, 3.05) is 11.6 Å². The Morgan fingerprint density at radius 2 is 2.06 bits per heavy atom. The Morgan fingerprint density at radius 1 is 1.29 bits per heavy atom. The lowest BCUT2D eigenvalue weighted by atomic mass is 10.2. The van der Waals surface area contributed by atoms with Crippen LogP contribution in [-0.2, 0) is 0 Å². The van der Waals surface area contributed by atoms with Crippen molar-refractivity contribution in [3.8, 4) is 0 Å². The molecule has 17 heavy (non-hydrogen) atoms. The van der Waals surface area contributed by atoms with Gasteiger partial charge in [-0.05, 0) is 52.9 Å². The van der Waals surface area contributed by atoms with Crippen LogP contribution in [0.25, 0.3) is 0 Å². The van der Waals surface area contributed by atoms with E-state index in [1.807, 2.05) is 19.1 Å². The number of thioether (sulfide) groups is 1. The minimum Gasteiger partial charge on any atom is -0.339 e. The van der Waals surface area contributed by atoms with E-state index in [1.54, 1.807) is 18.0 Å². The number of nitrogens with one attached hydrogen (secondary N) is 1. The SMILES string of the molecule is CSc1ccccc1Nc1ncc(Br)cc1C.